The van der Waals surface area contributed by atoms with Crippen LogP contribution >= 0.6 is 0 Å². The molecule has 1 amide bonds. The normalized spacial score (nSPS) is 29.6. The number of nitrogens with zero attached hydrogens (tertiary/aromatic N) is 1. The molecule has 0 rings (SSSR count). The highest BCUT2D eigenvalue weighted by Crippen LogP contribution is 1.52. The fourth-order valence-corrected chi connectivity index (χ4v) is 0. The smallest absolute Gasteiger partial charge is 0.209 e. The molecule has 30 valence electrons. The van der Waals surface area contributed by atoms with E-state index in [1.54, 1.807) is 0 Å². The van der Waals surface area contributed by atoms with Crippen molar-refractivity contribution in [2.75, 3.05) is 14.0 Å². The molecule has 0 atom stereocenters. The molecule has 0 radical (unpaired) electrons. The summed E-state index contributed by atoms with van der Waals surface area (Å²) in [4.78, 5) is 9.82. The molecular formula is C3H7NO. The monoisotopic (exact) mass is 79.1 g/mol. The van der Waals surface area contributed by atoms with Crippen LogP contribution in [-0.4, -0.2) is 25.3 Å². The van der Waals surface area contributed by atoms with Gasteiger partial charge in [0.15, 0.2) is 0 Å². The SMILES string of the molecule is [2H]C([2H])([2H])N(C=O)C([2H])([2H])[2H]. The Balaban J connectivity index is 4.56. The number of carbonyl (C=O) groups excluding carboxylic acids is 1. The zero-order chi connectivity index (χ0) is 9.28. The second kappa shape index (κ2) is 1.76. The van der Waals surface area contributed by atoms with Crippen molar-refractivity contribution in [2.24, 2.45) is 0 Å². The van der Waals surface area contributed by atoms with Crippen LogP contribution in [0.1, 0.15) is 8.22 Å². The highest BCUT2D eigenvalue weighted by Gasteiger charge is 1.68. The van der Waals surface area contributed by atoms with Crippen LogP contribution in [-0.2, 0) is 4.79 Å². The average Bonchev–Trinajstić information content (AvgIpc) is 1.56. The third-order valence-corrected chi connectivity index (χ3v) is 0.105. The van der Waals surface area contributed by atoms with Crippen LogP contribution in [0.3, 0.4) is 0 Å². The molecule has 0 aromatic rings. The topological polar surface area (TPSA) is 20.3 Å². The first-order valence-corrected chi connectivity index (χ1v) is 0.941. The van der Waals surface area contributed by atoms with Crippen LogP contribution in [0.4, 0.5) is 0 Å². The third-order valence-electron chi connectivity index (χ3n) is 0.105. The Kier molecular flexibility index (Phi) is 0.211. The molecule has 5 heavy (non-hydrogen) atoms. The van der Waals surface area contributed by atoms with Gasteiger partial charge in [-0.3, -0.25) is 4.79 Å². The first kappa shape index (κ1) is 0.600. The van der Waals surface area contributed by atoms with Crippen molar-refractivity contribution in [1.29, 1.82) is 0 Å². The summed E-state index contributed by atoms with van der Waals surface area (Å²) in [7, 11) is 0. The van der Waals surface area contributed by atoms with Crippen molar-refractivity contribution in [3.63, 3.8) is 0 Å². The lowest BCUT2D eigenvalue weighted by Crippen LogP contribution is -2.06. The summed E-state index contributed by atoms with van der Waals surface area (Å²) >= 11 is 0. The molecule has 0 unspecified atom stereocenters. The molecule has 0 saturated carbocycles. The molecule has 0 aromatic carbocycles. The van der Waals surface area contributed by atoms with E-state index in [2.05, 4.69) is 0 Å². The van der Waals surface area contributed by atoms with Crippen molar-refractivity contribution in [1.82, 2.24) is 4.90 Å². The van der Waals surface area contributed by atoms with Crippen LogP contribution in [0.5, 0.6) is 0 Å². The lowest BCUT2D eigenvalue weighted by molar-refractivity contribution is -0.115. The quantitative estimate of drug-likeness (QED) is 0.395. The molecule has 0 bridgehead atoms. The molecular weight excluding hydrogens is 66.0 g/mol. The van der Waals surface area contributed by atoms with Gasteiger partial charge in [-0.2, -0.15) is 0 Å². The maximum absolute atomic E-state index is 10.0. The number of carbonyl (C=O) groups is 1. The molecule has 0 spiro atoms. The minimum atomic E-state index is -2.90. The Morgan fingerprint density at radius 2 is 2.60 bits per heavy atom. The van der Waals surface area contributed by atoms with E-state index in [0.717, 1.165) is 0 Å². The third kappa shape index (κ3) is 3.47. The van der Waals surface area contributed by atoms with Gasteiger partial charge >= 0.3 is 0 Å². The minimum absolute atomic E-state index is 0.181. The van der Waals surface area contributed by atoms with E-state index in [4.69, 9.17) is 8.22 Å². The molecule has 0 aliphatic heterocycles. The van der Waals surface area contributed by atoms with Crippen molar-refractivity contribution in [3.05, 3.63) is 0 Å². The van der Waals surface area contributed by atoms with Crippen molar-refractivity contribution in [3.8, 4) is 0 Å². The van der Waals surface area contributed by atoms with Gasteiger partial charge in [0.1, 0.15) is 0 Å². The van der Waals surface area contributed by atoms with Gasteiger partial charge in [-0.15, -0.1) is 0 Å². The second-order valence-corrected chi connectivity index (χ2v) is 0.475. The standard InChI is InChI=1S/C3H7NO/c1-4(2)3-5/h3H,1-2H3/i1D3,2D3. The zero-order valence-electron chi connectivity index (χ0n) is 8.43. The summed E-state index contributed by atoms with van der Waals surface area (Å²) in [6.07, 6.45) is -0.208. The molecule has 0 fully saturated rings. The van der Waals surface area contributed by atoms with Gasteiger partial charge in [-0.25, -0.2) is 0 Å². The maximum atomic E-state index is 10.0. The fourth-order valence-electron chi connectivity index (χ4n) is 0. The van der Waals surface area contributed by atoms with Gasteiger partial charge in [0, 0.05) is 22.2 Å². The van der Waals surface area contributed by atoms with E-state index in [9.17, 15) is 4.79 Å². The van der Waals surface area contributed by atoms with Gasteiger partial charge in [0.05, 0.1) is 0 Å². The van der Waals surface area contributed by atoms with Crippen molar-refractivity contribution >= 4 is 6.41 Å². The molecule has 0 aliphatic carbocycles. The van der Waals surface area contributed by atoms with Crippen LogP contribution in [0, 0.1) is 0 Å². The van der Waals surface area contributed by atoms with E-state index in [1.165, 1.54) is 0 Å². The van der Waals surface area contributed by atoms with Crippen LogP contribution in [0.2, 0.25) is 0 Å². The lowest BCUT2D eigenvalue weighted by atomic mass is 11.0. The summed E-state index contributed by atoms with van der Waals surface area (Å²) in [6.45, 7) is -5.79. The molecule has 0 N–H and O–H groups in total. The highest BCUT2D eigenvalue weighted by molar-refractivity contribution is 5.45. The Labute approximate surface area is 39.8 Å². The van der Waals surface area contributed by atoms with E-state index < -0.39 is 14.0 Å². The largest absolute Gasteiger partial charge is 0.351 e. The minimum Gasteiger partial charge on any atom is -0.351 e. The number of hydrogen-bond donors (Lipinski definition) is 0. The number of amides is 1. The van der Waals surface area contributed by atoms with Crippen molar-refractivity contribution < 1.29 is 13.0 Å². The number of hydrogen-bond acceptors (Lipinski definition) is 1. The second-order valence-electron chi connectivity index (χ2n) is 0.475. The Bertz CT molecular complexity index is 133. The summed E-state index contributed by atoms with van der Waals surface area (Å²) in [5, 5.41) is 0. The predicted molar refractivity (Wildman–Crippen MR) is 19.8 cm³/mol. The predicted octanol–water partition coefficient (Wildman–Crippen LogP) is -0.296. The Morgan fingerprint density at radius 1 is 2.00 bits per heavy atom. The summed E-state index contributed by atoms with van der Waals surface area (Å²) in [6, 6.07) is 0. The van der Waals surface area contributed by atoms with Crippen LogP contribution in [0.25, 0.3) is 0 Å². The number of rotatable bonds is 1. The molecule has 0 saturated heterocycles. The van der Waals surface area contributed by atoms with E-state index in [1.807, 2.05) is 0 Å². The van der Waals surface area contributed by atoms with Crippen LogP contribution in [0.15, 0.2) is 0 Å². The van der Waals surface area contributed by atoms with Crippen molar-refractivity contribution in [2.45, 2.75) is 0 Å². The first-order chi connectivity index (χ1) is 4.69. The molecule has 2 nitrogen and oxygen atoms in total. The Morgan fingerprint density at radius 3 is 2.60 bits per heavy atom. The van der Waals surface area contributed by atoms with E-state index in [-0.39, 0.29) is 11.3 Å². The zero-order valence-corrected chi connectivity index (χ0v) is 2.43. The summed E-state index contributed by atoms with van der Waals surface area (Å²) in [5.41, 5.74) is 0. The molecule has 0 heterocycles. The maximum Gasteiger partial charge on any atom is 0.209 e. The first-order valence-electron chi connectivity index (χ1n) is 3.94. The van der Waals surface area contributed by atoms with Gasteiger partial charge in [0.2, 0.25) is 6.41 Å². The van der Waals surface area contributed by atoms with E-state index >= 15 is 0 Å². The van der Waals surface area contributed by atoms with E-state index in [0.29, 0.717) is 0 Å². The Hall–Kier alpha value is -0.530. The van der Waals surface area contributed by atoms with Gasteiger partial charge in [-0.05, 0) is 0 Å². The molecule has 0 aromatic heterocycles. The van der Waals surface area contributed by atoms with Gasteiger partial charge in [0.25, 0.3) is 0 Å². The fraction of sp³-hybridized carbons (Fsp3) is 0.667. The molecule has 0 aliphatic rings. The van der Waals surface area contributed by atoms with Crippen LogP contribution < -0.4 is 0 Å². The van der Waals surface area contributed by atoms with Gasteiger partial charge < -0.3 is 4.90 Å². The summed E-state index contributed by atoms with van der Waals surface area (Å²) < 4.78 is 39.7. The highest BCUT2D eigenvalue weighted by atomic mass is 16.1. The van der Waals surface area contributed by atoms with Gasteiger partial charge in [-0.1, -0.05) is 0 Å². The molecule has 2 heteroatoms. The lowest BCUT2D eigenvalue weighted by Gasteiger charge is -1.93. The summed E-state index contributed by atoms with van der Waals surface area (Å²) in [5.74, 6) is 0. The average molecular weight is 79.1 g/mol.